The Kier molecular flexibility index (Phi) is 5.27. The number of alkyl halides is 3. The van der Waals surface area contributed by atoms with E-state index in [0.717, 1.165) is 11.1 Å². The molecule has 0 radical (unpaired) electrons. The Morgan fingerprint density at radius 1 is 1.37 bits per heavy atom. The van der Waals surface area contributed by atoms with Crippen molar-refractivity contribution < 1.29 is 22.5 Å². The van der Waals surface area contributed by atoms with Crippen LogP contribution in [0.25, 0.3) is 0 Å². The molecular weight excluding hydrogens is 399 g/mol. The summed E-state index contributed by atoms with van der Waals surface area (Å²) in [4.78, 5) is 14.6. The molecule has 0 aromatic carbocycles. The molecule has 1 fully saturated rings. The third-order valence-corrected chi connectivity index (χ3v) is 6.02. The number of likely N-dealkylation sites (tertiary alicyclic amines) is 1. The molecule has 164 valence electrons. The van der Waals surface area contributed by atoms with Crippen LogP contribution < -0.4 is 5.32 Å². The summed E-state index contributed by atoms with van der Waals surface area (Å²) in [5.74, 6) is 0.730. The lowest BCUT2D eigenvalue weighted by Crippen LogP contribution is -2.41. The molecule has 0 saturated carbocycles. The summed E-state index contributed by atoms with van der Waals surface area (Å²) >= 11 is 0. The van der Waals surface area contributed by atoms with Crippen LogP contribution in [0.4, 0.5) is 19.0 Å². The van der Waals surface area contributed by atoms with Gasteiger partial charge in [-0.05, 0) is 25.2 Å². The SMILES string of the molecule is CCc1cc(C(=O)N2CCCC2c2cc3n(n2)[C@@H](C(F)(F)F)C[C@@H](C(C)C)N3)no1. The first-order chi connectivity index (χ1) is 14.2. The number of aromatic nitrogens is 3. The summed E-state index contributed by atoms with van der Waals surface area (Å²) in [6.07, 6.45) is -2.44. The molecule has 4 heterocycles. The number of nitrogens with one attached hydrogen (secondary N) is 1. The van der Waals surface area contributed by atoms with Crippen molar-refractivity contribution in [2.75, 3.05) is 11.9 Å². The van der Waals surface area contributed by atoms with Crippen molar-refractivity contribution in [2.45, 2.75) is 70.8 Å². The van der Waals surface area contributed by atoms with Crippen LogP contribution in [0, 0.1) is 5.92 Å². The number of aryl methyl sites for hydroxylation is 1. The maximum atomic E-state index is 13.7. The Bertz CT molecular complexity index is 920. The summed E-state index contributed by atoms with van der Waals surface area (Å²) in [6, 6.07) is 0.917. The summed E-state index contributed by atoms with van der Waals surface area (Å²) in [6.45, 7) is 6.21. The minimum Gasteiger partial charge on any atom is -0.367 e. The maximum Gasteiger partial charge on any atom is 0.410 e. The number of anilines is 1. The first-order valence-electron chi connectivity index (χ1n) is 10.4. The standard InChI is InChI=1S/C20H26F3N5O2/c1-4-12-8-15(26-30-12)19(29)27-7-5-6-16(27)14-10-18-24-13(11(2)3)9-17(20(21,22)23)28(18)25-14/h8,10-11,13,16-17,24H,4-7,9H2,1-3H3/t13-,16?,17+/m0/s1. The molecule has 7 nitrogen and oxygen atoms in total. The fraction of sp³-hybridized carbons (Fsp3) is 0.650. The Balaban J connectivity index is 1.64. The van der Waals surface area contributed by atoms with Crippen LogP contribution in [0.5, 0.6) is 0 Å². The van der Waals surface area contributed by atoms with E-state index in [9.17, 15) is 18.0 Å². The fourth-order valence-electron chi connectivity index (χ4n) is 4.27. The molecule has 10 heteroatoms. The van der Waals surface area contributed by atoms with Crippen molar-refractivity contribution in [3.05, 3.63) is 29.3 Å². The average molecular weight is 425 g/mol. The van der Waals surface area contributed by atoms with Crippen molar-refractivity contribution >= 4 is 11.7 Å². The third kappa shape index (κ3) is 3.67. The van der Waals surface area contributed by atoms with E-state index in [1.807, 2.05) is 20.8 Å². The largest absolute Gasteiger partial charge is 0.410 e. The number of carbonyl (C=O) groups excluding carboxylic acids is 1. The van der Waals surface area contributed by atoms with Gasteiger partial charge in [-0.2, -0.15) is 18.3 Å². The van der Waals surface area contributed by atoms with E-state index in [-0.39, 0.29) is 36.0 Å². The van der Waals surface area contributed by atoms with Gasteiger partial charge < -0.3 is 14.7 Å². The quantitative estimate of drug-likeness (QED) is 0.788. The first-order valence-corrected chi connectivity index (χ1v) is 10.4. The summed E-state index contributed by atoms with van der Waals surface area (Å²) < 4.78 is 47.4. The van der Waals surface area contributed by atoms with Crippen LogP contribution in [0.3, 0.4) is 0 Å². The summed E-state index contributed by atoms with van der Waals surface area (Å²) in [5, 5.41) is 11.4. The van der Waals surface area contributed by atoms with Crippen molar-refractivity contribution in [1.29, 1.82) is 0 Å². The Labute approximate surface area is 172 Å². The Morgan fingerprint density at radius 3 is 2.77 bits per heavy atom. The van der Waals surface area contributed by atoms with E-state index < -0.39 is 12.2 Å². The molecule has 0 bridgehead atoms. The number of hydrogen-bond acceptors (Lipinski definition) is 5. The molecule has 1 saturated heterocycles. The normalized spacial score (nSPS) is 24.2. The summed E-state index contributed by atoms with van der Waals surface area (Å²) in [7, 11) is 0. The van der Waals surface area contributed by atoms with Gasteiger partial charge in [0, 0.05) is 31.1 Å². The van der Waals surface area contributed by atoms with E-state index in [1.54, 1.807) is 17.0 Å². The molecule has 1 unspecified atom stereocenters. The van der Waals surface area contributed by atoms with E-state index in [1.165, 1.54) is 0 Å². The van der Waals surface area contributed by atoms with Crippen LogP contribution in [0.1, 0.15) is 74.1 Å². The van der Waals surface area contributed by atoms with Gasteiger partial charge in [0.1, 0.15) is 11.6 Å². The molecule has 0 aliphatic carbocycles. The highest BCUT2D eigenvalue weighted by Gasteiger charge is 2.47. The van der Waals surface area contributed by atoms with Crippen LogP contribution in [0.2, 0.25) is 0 Å². The molecule has 30 heavy (non-hydrogen) atoms. The molecular formula is C20H26F3N5O2. The van der Waals surface area contributed by atoms with Crippen molar-refractivity contribution in [3.63, 3.8) is 0 Å². The number of fused-ring (bicyclic) bond motifs is 1. The first kappa shape index (κ1) is 20.7. The summed E-state index contributed by atoms with van der Waals surface area (Å²) in [5.41, 5.74) is 0.690. The maximum absolute atomic E-state index is 13.7. The zero-order valence-corrected chi connectivity index (χ0v) is 17.2. The molecule has 3 atom stereocenters. The van der Waals surface area contributed by atoms with E-state index >= 15 is 0 Å². The third-order valence-electron chi connectivity index (χ3n) is 6.02. The topological polar surface area (TPSA) is 76.2 Å². The Morgan fingerprint density at radius 2 is 2.13 bits per heavy atom. The molecule has 2 aliphatic heterocycles. The van der Waals surface area contributed by atoms with E-state index in [2.05, 4.69) is 15.6 Å². The van der Waals surface area contributed by atoms with E-state index in [4.69, 9.17) is 4.52 Å². The minimum atomic E-state index is -4.39. The van der Waals surface area contributed by atoms with Crippen molar-refractivity contribution in [1.82, 2.24) is 19.8 Å². The lowest BCUT2D eigenvalue weighted by Gasteiger charge is -2.35. The van der Waals surface area contributed by atoms with Gasteiger partial charge in [0.25, 0.3) is 5.91 Å². The molecule has 1 amide bonds. The number of rotatable bonds is 4. The van der Waals surface area contributed by atoms with Gasteiger partial charge >= 0.3 is 6.18 Å². The van der Waals surface area contributed by atoms with Gasteiger partial charge in [-0.1, -0.05) is 25.9 Å². The average Bonchev–Trinajstić information content (AvgIpc) is 3.43. The smallest absolute Gasteiger partial charge is 0.367 e. The molecule has 2 aliphatic rings. The van der Waals surface area contributed by atoms with Crippen molar-refractivity contribution in [2.24, 2.45) is 5.92 Å². The van der Waals surface area contributed by atoms with Crippen LogP contribution in [0.15, 0.2) is 16.7 Å². The predicted octanol–water partition coefficient (Wildman–Crippen LogP) is 4.35. The van der Waals surface area contributed by atoms with Gasteiger partial charge in [0.2, 0.25) is 0 Å². The fourth-order valence-corrected chi connectivity index (χ4v) is 4.27. The monoisotopic (exact) mass is 425 g/mol. The highest BCUT2D eigenvalue weighted by molar-refractivity contribution is 5.92. The second-order valence-electron chi connectivity index (χ2n) is 8.38. The highest BCUT2D eigenvalue weighted by atomic mass is 19.4. The lowest BCUT2D eigenvalue weighted by atomic mass is 9.94. The van der Waals surface area contributed by atoms with Crippen LogP contribution in [-0.4, -0.2) is 44.5 Å². The van der Waals surface area contributed by atoms with Gasteiger partial charge in [0.15, 0.2) is 11.7 Å². The lowest BCUT2D eigenvalue weighted by molar-refractivity contribution is -0.174. The van der Waals surface area contributed by atoms with Crippen molar-refractivity contribution in [3.8, 4) is 0 Å². The highest BCUT2D eigenvalue weighted by Crippen LogP contribution is 2.42. The van der Waals surface area contributed by atoms with Crippen LogP contribution >= 0.6 is 0 Å². The number of amides is 1. The van der Waals surface area contributed by atoms with Gasteiger partial charge in [-0.25, -0.2) is 4.68 Å². The van der Waals surface area contributed by atoms with Gasteiger partial charge in [-0.15, -0.1) is 0 Å². The zero-order chi connectivity index (χ0) is 21.6. The predicted molar refractivity (Wildman–Crippen MR) is 103 cm³/mol. The minimum absolute atomic E-state index is 0.0476. The molecule has 4 rings (SSSR count). The van der Waals surface area contributed by atoms with Gasteiger partial charge in [0.05, 0.1) is 11.7 Å². The Hall–Kier alpha value is -2.52. The molecule has 0 spiro atoms. The van der Waals surface area contributed by atoms with E-state index in [0.29, 0.717) is 36.7 Å². The second-order valence-corrected chi connectivity index (χ2v) is 8.38. The number of nitrogens with zero attached hydrogens (tertiary/aromatic N) is 4. The van der Waals surface area contributed by atoms with Crippen LogP contribution in [-0.2, 0) is 6.42 Å². The van der Waals surface area contributed by atoms with Gasteiger partial charge in [-0.3, -0.25) is 4.79 Å². The number of hydrogen-bond donors (Lipinski definition) is 1. The second kappa shape index (κ2) is 7.63. The molecule has 1 N–H and O–H groups in total. The number of halogens is 3. The number of carbonyl (C=O) groups is 1. The zero-order valence-electron chi connectivity index (χ0n) is 17.2. The molecule has 2 aromatic rings. The molecule has 2 aromatic heterocycles.